The second kappa shape index (κ2) is 7.78. The number of carbonyl (C=O) groups is 1. The van der Waals surface area contributed by atoms with Gasteiger partial charge in [0.25, 0.3) is 0 Å². The minimum Gasteiger partial charge on any atom is -0.313 e. The normalized spacial score (nSPS) is 16.7. The van der Waals surface area contributed by atoms with Crippen molar-refractivity contribution in [1.29, 1.82) is 0 Å². The Bertz CT molecular complexity index is 1020. The van der Waals surface area contributed by atoms with Crippen molar-refractivity contribution in [2.75, 3.05) is 0 Å². The molecule has 4 rings (SSSR count). The first kappa shape index (κ1) is 19.9. The number of alkyl halides is 3. The highest BCUT2D eigenvalue weighted by atomic mass is 19.4. The van der Waals surface area contributed by atoms with Gasteiger partial charge in [-0.15, -0.1) is 0 Å². The summed E-state index contributed by atoms with van der Waals surface area (Å²) in [5.41, 5.74) is 1.51. The molecule has 1 saturated carbocycles. The van der Waals surface area contributed by atoms with E-state index in [0.29, 0.717) is 12.1 Å². The lowest BCUT2D eigenvalue weighted by atomic mass is 9.59. The molecule has 3 nitrogen and oxygen atoms in total. The highest BCUT2D eigenvalue weighted by Gasteiger charge is 2.47. The molecule has 30 heavy (non-hydrogen) atoms. The van der Waals surface area contributed by atoms with Gasteiger partial charge in [-0.3, -0.25) is 0 Å². The van der Waals surface area contributed by atoms with Crippen LogP contribution in [0.15, 0.2) is 90.1 Å². The molecule has 1 fully saturated rings. The molecule has 1 aliphatic carbocycles. The summed E-state index contributed by atoms with van der Waals surface area (Å²) in [6.07, 6.45) is -2.98. The Balaban J connectivity index is 1.60. The number of halogens is 3. The molecule has 6 heteroatoms. The van der Waals surface area contributed by atoms with Crippen molar-refractivity contribution in [1.82, 2.24) is 0 Å². The Labute approximate surface area is 171 Å². The minimum absolute atomic E-state index is 0.0108. The number of oxime groups is 1. The quantitative estimate of drug-likeness (QED) is 0.392. The third-order valence-corrected chi connectivity index (χ3v) is 5.45. The SMILES string of the molecule is O=C(ON=C1CCC1(c1ccccc1)c1ccccc1)c1ccc(C(F)(F)F)cc1. The van der Waals surface area contributed by atoms with Gasteiger partial charge in [0.1, 0.15) is 0 Å². The van der Waals surface area contributed by atoms with Crippen LogP contribution in [-0.2, 0) is 16.4 Å². The largest absolute Gasteiger partial charge is 0.416 e. The fourth-order valence-electron chi connectivity index (χ4n) is 3.79. The van der Waals surface area contributed by atoms with Crippen LogP contribution in [-0.4, -0.2) is 11.7 Å². The number of nitrogens with zero attached hydrogens (tertiary/aromatic N) is 1. The van der Waals surface area contributed by atoms with Crippen LogP contribution >= 0.6 is 0 Å². The van der Waals surface area contributed by atoms with Gasteiger partial charge < -0.3 is 4.84 Å². The molecule has 0 aliphatic heterocycles. The third kappa shape index (κ3) is 3.61. The lowest BCUT2D eigenvalue weighted by molar-refractivity contribution is -0.137. The van der Waals surface area contributed by atoms with Gasteiger partial charge in [-0.25, -0.2) is 4.79 Å². The molecule has 152 valence electrons. The van der Waals surface area contributed by atoms with Crippen LogP contribution in [0.1, 0.15) is 39.9 Å². The van der Waals surface area contributed by atoms with Crippen molar-refractivity contribution < 1.29 is 22.8 Å². The number of hydrogen-bond acceptors (Lipinski definition) is 3. The molecule has 0 saturated heterocycles. The monoisotopic (exact) mass is 409 g/mol. The Kier molecular flexibility index (Phi) is 5.16. The first-order valence-corrected chi connectivity index (χ1v) is 9.48. The molecule has 3 aromatic carbocycles. The van der Waals surface area contributed by atoms with E-state index in [1.807, 2.05) is 60.7 Å². The van der Waals surface area contributed by atoms with Gasteiger partial charge in [0, 0.05) is 0 Å². The summed E-state index contributed by atoms with van der Waals surface area (Å²) in [6, 6.07) is 23.6. The first-order chi connectivity index (χ1) is 14.4. The molecule has 0 radical (unpaired) electrons. The highest BCUT2D eigenvalue weighted by Crippen LogP contribution is 2.47. The van der Waals surface area contributed by atoms with Crippen molar-refractivity contribution >= 4 is 11.7 Å². The zero-order valence-corrected chi connectivity index (χ0v) is 15.9. The minimum atomic E-state index is -4.46. The summed E-state index contributed by atoms with van der Waals surface area (Å²) in [7, 11) is 0. The van der Waals surface area contributed by atoms with Crippen LogP contribution in [0.4, 0.5) is 13.2 Å². The predicted octanol–water partition coefficient (Wildman–Crippen LogP) is 6.00. The van der Waals surface area contributed by atoms with Crippen LogP contribution in [0.2, 0.25) is 0 Å². The van der Waals surface area contributed by atoms with E-state index in [-0.39, 0.29) is 5.56 Å². The van der Waals surface area contributed by atoms with E-state index < -0.39 is 23.1 Å². The third-order valence-electron chi connectivity index (χ3n) is 5.45. The molecule has 3 aromatic rings. The Hall–Kier alpha value is -3.41. The van der Waals surface area contributed by atoms with Crippen molar-refractivity contribution in [3.05, 3.63) is 107 Å². The van der Waals surface area contributed by atoms with E-state index in [4.69, 9.17) is 4.84 Å². The van der Waals surface area contributed by atoms with Crippen molar-refractivity contribution in [2.45, 2.75) is 24.4 Å². The van der Waals surface area contributed by atoms with Gasteiger partial charge in [-0.2, -0.15) is 13.2 Å². The highest BCUT2D eigenvalue weighted by molar-refractivity contribution is 6.03. The van der Waals surface area contributed by atoms with Gasteiger partial charge in [0.05, 0.1) is 22.3 Å². The van der Waals surface area contributed by atoms with Crippen LogP contribution in [0.25, 0.3) is 0 Å². The molecule has 0 unspecified atom stereocenters. The summed E-state index contributed by atoms with van der Waals surface area (Å²) in [6.45, 7) is 0. The summed E-state index contributed by atoms with van der Waals surface area (Å²) >= 11 is 0. The van der Waals surface area contributed by atoms with Crippen molar-refractivity contribution in [2.24, 2.45) is 5.16 Å². The van der Waals surface area contributed by atoms with E-state index in [2.05, 4.69) is 5.16 Å². The average molecular weight is 409 g/mol. The Morgan fingerprint density at radius 2 is 1.37 bits per heavy atom. The van der Waals surface area contributed by atoms with Gasteiger partial charge >= 0.3 is 12.1 Å². The summed E-state index contributed by atoms with van der Waals surface area (Å²) < 4.78 is 38.1. The second-order valence-corrected chi connectivity index (χ2v) is 7.13. The lowest BCUT2D eigenvalue weighted by Gasteiger charge is -2.43. The molecule has 0 heterocycles. The average Bonchev–Trinajstić information content (AvgIpc) is 2.74. The van der Waals surface area contributed by atoms with Crippen molar-refractivity contribution in [3.8, 4) is 0 Å². The van der Waals surface area contributed by atoms with E-state index in [9.17, 15) is 18.0 Å². The smallest absolute Gasteiger partial charge is 0.313 e. The second-order valence-electron chi connectivity index (χ2n) is 7.13. The molecular formula is C24H18F3NO2. The maximum absolute atomic E-state index is 12.7. The molecule has 0 bridgehead atoms. The zero-order valence-electron chi connectivity index (χ0n) is 15.9. The molecule has 0 atom stereocenters. The predicted molar refractivity (Wildman–Crippen MR) is 107 cm³/mol. The number of benzene rings is 3. The summed E-state index contributed by atoms with van der Waals surface area (Å²) in [4.78, 5) is 17.4. The van der Waals surface area contributed by atoms with Gasteiger partial charge in [0.15, 0.2) is 0 Å². The van der Waals surface area contributed by atoms with Gasteiger partial charge in [0.2, 0.25) is 0 Å². The fourth-order valence-corrected chi connectivity index (χ4v) is 3.79. The van der Waals surface area contributed by atoms with Crippen LogP contribution in [0, 0.1) is 0 Å². The van der Waals surface area contributed by atoms with Crippen LogP contribution in [0.5, 0.6) is 0 Å². The molecule has 0 aromatic heterocycles. The summed E-state index contributed by atoms with van der Waals surface area (Å²) in [5.74, 6) is -0.793. The molecule has 0 spiro atoms. The van der Waals surface area contributed by atoms with E-state index in [0.717, 1.165) is 41.8 Å². The van der Waals surface area contributed by atoms with E-state index >= 15 is 0 Å². The van der Waals surface area contributed by atoms with Crippen molar-refractivity contribution in [3.63, 3.8) is 0 Å². The fraction of sp³-hybridized carbons (Fsp3) is 0.167. The Morgan fingerprint density at radius 1 is 0.833 bits per heavy atom. The van der Waals surface area contributed by atoms with Gasteiger partial charge in [-0.05, 0) is 48.2 Å². The number of hydrogen-bond donors (Lipinski definition) is 0. The van der Waals surface area contributed by atoms with Crippen LogP contribution in [0.3, 0.4) is 0 Å². The standard InChI is InChI=1S/C24H18F3NO2/c25-24(26,27)20-13-11-17(12-14-20)22(29)30-28-21-15-16-23(21,18-7-3-1-4-8-18)19-9-5-2-6-10-19/h1-14H,15-16H2. The first-order valence-electron chi connectivity index (χ1n) is 9.48. The Morgan fingerprint density at radius 3 is 1.80 bits per heavy atom. The summed E-state index contributed by atoms with van der Waals surface area (Å²) in [5, 5.41) is 4.13. The maximum Gasteiger partial charge on any atom is 0.416 e. The zero-order chi connectivity index (χ0) is 21.2. The molecular weight excluding hydrogens is 391 g/mol. The van der Waals surface area contributed by atoms with E-state index in [1.165, 1.54) is 0 Å². The topological polar surface area (TPSA) is 38.7 Å². The number of rotatable bonds is 4. The maximum atomic E-state index is 12.7. The van der Waals surface area contributed by atoms with Gasteiger partial charge in [-0.1, -0.05) is 65.8 Å². The molecule has 0 N–H and O–H groups in total. The molecule has 0 amide bonds. The van der Waals surface area contributed by atoms with E-state index in [1.54, 1.807) is 0 Å². The number of carbonyl (C=O) groups excluding carboxylic acids is 1. The molecule has 1 aliphatic rings. The van der Waals surface area contributed by atoms with Crippen LogP contribution < -0.4 is 0 Å². The lowest BCUT2D eigenvalue weighted by Crippen LogP contribution is -2.46.